The van der Waals surface area contributed by atoms with Gasteiger partial charge in [0.2, 0.25) is 10.0 Å². The molecule has 5 heteroatoms. The third-order valence-corrected chi connectivity index (χ3v) is 5.45. The minimum Gasteiger partial charge on any atom is -0.329 e. The Morgan fingerprint density at radius 2 is 2.05 bits per heavy atom. The first-order valence-corrected chi connectivity index (χ1v) is 8.50. The summed E-state index contributed by atoms with van der Waals surface area (Å²) in [5, 5.41) is 1.29. The number of rotatable bonds is 4. The summed E-state index contributed by atoms with van der Waals surface area (Å²) in [5.74, 6) is 0.314. The van der Waals surface area contributed by atoms with E-state index in [1.165, 1.54) is 5.41 Å². The van der Waals surface area contributed by atoms with Crippen molar-refractivity contribution in [1.82, 2.24) is 4.31 Å². The van der Waals surface area contributed by atoms with Gasteiger partial charge in [0, 0.05) is 24.5 Å². The largest absolute Gasteiger partial charge is 0.329 e. The van der Waals surface area contributed by atoms with Crippen molar-refractivity contribution < 1.29 is 8.42 Å². The molecule has 2 atom stereocenters. The van der Waals surface area contributed by atoms with Crippen molar-refractivity contribution in [3.8, 4) is 0 Å². The van der Waals surface area contributed by atoms with E-state index in [0.29, 0.717) is 19.0 Å². The van der Waals surface area contributed by atoms with Gasteiger partial charge < -0.3 is 5.73 Å². The molecule has 110 valence electrons. The fourth-order valence-corrected chi connectivity index (χ4v) is 4.22. The Kier molecular flexibility index (Phi) is 4.96. The lowest BCUT2D eigenvalue weighted by Crippen LogP contribution is -2.50. The van der Waals surface area contributed by atoms with E-state index in [1.807, 2.05) is 30.3 Å². The van der Waals surface area contributed by atoms with Gasteiger partial charge in [-0.05, 0) is 30.4 Å². The van der Waals surface area contributed by atoms with E-state index in [-0.39, 0.29) is 6.04 Å². The van der Waals surface area contributed by atoms with Crippen LogP contribution >= 0.6 is 0 Å². The summed E-state index contributed by atoms with van der Waals surface area (Å²) < 4.78 is 26.5. The molecule has 2 N–H and O–H groups in total. The van der Waals surface area contributed by atoms with Gasteiger partial charge in [0.15, 0.2) is 0 Å². The molecule has 0 aliphatic carbocycles. The Labute approximate surface area is 121 Å². The molecule has 1 aliphatic heterocycles. The van der Waals surface area contributed by atoms with Crippen LogP contribution in [-0.4, -0.2) is 31.9 Å². The number of benzene rings is 1. The van der Waals surface area contributed by atoms with E-state index in [2.05, 4.69) is 6.92 Å². The molecule has 1 saturated heterocycles. The molecule has 2 rings (SSSR count). The number of nitrogens with two attached hydrogens (primary N) is 1. The summed E-state index contributed by atoms with van der Waals surface area (Å²) in [6, 6.07) is 9.35. The smallest absolute Gasteiger partial charge is 0.236 e. The van der Waals surface area contributed by atoms with Crippen LogP contribution in [0.1, 0.15) is 25.3 Å². The highest BCUT2D eigenvalue weighted by molar-refractivity contribution is 7.92. The van der Waals surface area contributed by atoms with Crippen LogP contribution in [0.2, 0.25) is 0 Å². The minimum atomic E-state index is -3.40. The number of piperidine rings is 1. The molecule has 0 saturated carbocycles. The second-order valence-corrected chi connectivity index (χ2v) is 7.06. The van der Waals surface area contributed by atoms with Crippen molar-refractivity contribution in [2.24, 2.45) is 11.7 Å². The molecule has 4 nitrogen and oxygen atoms in total. The standard InChI is InChI=1S/C15H22N2O2S/c1-13-6-5-10-17(15(13)12-16)20(18,19)11-9-14-7-3-2-4-8-14/h2-4,7-9,11,13,15H,5-6,10,12,16H2,1H3. The van der Waals surface area contributed by atoms with Gasteiger partial charge in [0.25, 0.3) is 0 Å². The first kappa shape index (κ1) is 15.2. The van der Waals surface area contributed by atoms with Crippen LogP contribution in [0.5, 0.6) is 0 Å². The first-order chi connectivity index (χ1) is 9.54. The Morgan fingerprint density at radius 3 is 2.70 bits per heavy atom. The summed E-state index contributed by atoms with van der Waals surface area (Å²) in [4.78, 5) is 0. The van der Waals surface area contributed by atoms with Crippen molar-refractivity contribution in [3.63, 3.8) is 0 Å². The lowest BCUT2D eigenvalue weighted by Gasteiger charge is -2.37. The summed E-state index contributed by atoms with van der Waals surface area (Å²) in [5.41, 5.74) is 6.64. The molecule has 1 aromatic rings. The molecule has 0 aromatic heterocycles. The van der Waals surface area contributed by atoms with Crippen molar-refractivity contribution in [2.45, 2.75) is 25.8 Å². The van der Waals surface area contributed by atoms with Gasteiger partial charge in [-0.1, -0.05) is 37.3 Å². The zero-order valence-electron chi connectivity index (χ0n) is 11.8. The fourth-order valence-electron chi connectivity index (χ4n) is 2.68. The van der Waals surface area contributed by atoms with Crippen LogP contribution in [0.25, 0.3) is 6.08 Å². The third kappa shape index (κ3) is 3.48. The predicted octanol–water partition coefficient (Wildman–Crippen LogP) is 2.05. The van der Waals surface area contributed by atoms with Crippen LogP contribution < -0.4 is 5.73 Å². The maximum absolute atomic E-state index is 12.5. The summed E-state index contributed by atoms with van der Waals surface area (Å²) >= 11 is 0. The number of hydrogen-bond donors (Lipinski definition) is 1. The molecule has 0 spiro atoms. The van der Waals surface area contributed by atoms with Gasteiger partial charge >= 0.3 is 0 Å². The minimum absolute atomic E-state index is 0.0887. The zero-order chi connectivity index (χ0) is 14.6. The van der Waals surface area contributed by atoms with Gasteiger partial charge in [-0.2, -0.15) is 4.31 Å². The molecule has 1 fully saturated rings. The van der Waals surface area contributed by atoms with E-state index in [4.69, 9.17) is 5.73 Å². The molecular formula is C15H22N2O2S. The number of sulfonamides is 1. The van der Waals surface area contributed by atoms with Crippen molar-refractivity contribution in [2.75, 3.05) is 13.1 Å². The maximum atomic E-state index is 12.5. The average Bonchev–Trinajstić information content (AvgIpc) is 2.46. The second kappa shape index (κ2) is 6.52. The lowest BCUT2D eigenvalue weighted by molar-refractivity contribution is 0.194. The topological polar surface area (TPSA) is 63.4 Å². The highest BCUT2D eigenvalue weighted by Crippen LogP contribution is 2.26. The maximum Gasteiger partial charge on any atom is 0.236 e. The average molecular weight is 294 g/mol. The van der Waals surface area contributed by atoms with Gasteiger partial charge in [-0.25, -0.2) is 8.42 Å². The molecule has 20 heavy (non-hydrogen) atoms. The van der Waals surface area contributed by atoms with E-state index in [9.17, 15) is 8.42 Å². The lowest BCUT2D eigenvalue weighted by atomic mass is 9.93. The molecule has 1 aromatic carbocycles. The van der Waals surface area contributed by atoms with Crippen LogP contribution in [0, 0.1) is 5.92 Å². The molecule has 0 radical (unpaired) electrons. The van der Waals surface area contributed by atoms with Crippen LogP contribution in [0.15, 0.2) is 35.7 Å². The quantitative estimate of drug-likeness (QED) is 0.924. The fraction of sp³-hybridized carbons (Fsp3) is 0.467. The van der Waals surface area contributed by atoms with Crippen molar-refractivity contribution in [1.29, 1.82) is 0 Å². The van der Waals surface area contributed by atoms with Crippen molar-refractivity contribution >= 4 is 16.1 Å². The number of hydrogen-bond acceptors (Lipinski definition) is 3. The molecule has 0 amide bonds. The second-order valence-electron chi connectivity index (χ2n) is 5.29. The normalized spacial score (nSPS) is 25.1. The SMILES string of the molecule is CC1CCCN(S(=O)(=O)C=Cc2ccccc2)C1CN. The van der Waals surface area contributed by atoms with E-state index >= 15 is 0 Å². The van der Waals surface area contributed by atoms with Gasteiger partial charge in [-0.15, -0.1) is 0 Å². The Hall–Kier alpha value is -1.17. The van der Waals surface area contributed by atoms with Gasteiger partial charge in [0.1, 0.15) is 0 Å². The molecular weight excluding hydrogens is 272 g/mol. The highest BCUT2D eigenvalue weighted by atomic mass is 32.2. The Balaban J connectivity index is 2.19. The molecule has 1 aliphatic rings. The van der Waals surface area contributed by atoms with Crippen LogP contribution in [-0.2, 0) is 10.0 Å². The predicted molar refractivity (Wildman–Crippen MR) is 82.3 cm³/mol. The van der Waals surface area contributed by atoms with E-state index in [1.54, 1.807) is 10.4 Å². The Morgan fingerprint density at radius 1 is 1.35 bits per heavy atom. The van der Waals surface area contributed by atoms with E-state index < -0.39 is 10.0 Å². The zero-order valence-corrected chi connectivity index (χ0v) is 12.6. The summed E-state index contributed by atoms with van der Waals surface area (Å²) in [7, 11) is -3.40. The number of nitrogens with zero attached hydrogens (tertiary/aromatic N) is 1. The van der Waals surface area contributed by atoms with E-state index in [0.717, 1.165) is 18.4 Å². The van der Waals surface area contributed by atoms with Crippen molar-refractivity contribution in [3.05, 3.63) is 41.3 Å². The summed E-state index contributed by atoms with van der Waals surface area (Å²) in [6.45, 7) is 3.01. The molecule has 1 heterocycles. The van der Waals surface area contributed by atoms with Gasteiger partial charge in [-0.3, -0.25) is 0 Å². The molecule has 2 unspecified atom stereocenters. The molecule has 0 bridgehead atoms. The third-order valence-electron chi connectivity index (χ3n) is 3.87. The van der Waals surface area contributed by atoms with Crippen LogP contribution in [0.3, 0.4) is 0 Å². The summed E-state index contributed by atoms with van der Waals surface area (Å²) in [6.07, 6.45) is 3.58. The Bertz CT molecular complexity index is 554. The van der Waals surface area contributed by atoms with Crippen LogP contribution in [0.4, 0.5) is 0 Å². The monoisotopic (exact) mass is 294 g/mol. The highest BCUT2D eigenvalue weighted by Gasteiger charge is 2.34. The van der Waals surface area contributed by atoms with Gasteiger partial charge in [0.05, 0.1) is 0 Å². The first-order valence-electron chi connectivity index (χ1n) is 6.99.